The van der Waals surface area contributed by atoms with Crippen LogP contribution in [0.4, 0.5) is 11.5 Å². The lowest BCUT2D eigenvalue weighted by Crippen LogP contribution is -2.48. The molecule has 102 valence electrons. The van der Waals surface area contributed by atoms with Crippen LogP contribution in [0.15, 0.2) is 0 Å². The van der Waals surface area contributed by atoms with Gasteiger partial charge in [0.2, 0.25) is 0 Å². The molecule has 0 aliphatic carbocycles. The fraction of sp³-hybridized carbons (Fsp3) is 0.750. The van der Waals surface area contributed by atoms with E-state index >= 15 is 0 Å². The summed E-state index contributed by atoms with van der Waals surface area (Å²) in [5.41, 5.74) is 7.83. The summed E-state index contributed by atoms with van der Waals surface area (Å²) in [5, 5.41) is 13.4. The second-order valence-electron chi connectivity index (χ2n) is 4.69. The van der Waals surface area contributed by atoms with E-state index in [0.717, 1.165) is 56.5 Å². The Morgan fingerprint density at radius 3 is 2.50 bits per heavy atom. The minimum atomic E-state index is 0.230. The Morgan fingerprint density at radius 1 is 1.28 bits per heavy atom. The number of aromatic nitrogens is 2. The molecule has 0 spiro atoms. The number of rotatable bonds is 4. The van der Waals surface area contributed by atoms with Crippen LogP contribution in [0.25, 0.3) is 0 Å². The van der Waals surface area contributed by atoms with Gasteiger partial charge in [0.15, 0.2) is 5.82 Å². The van der Waals surface area contributed by atoms with Gasteiger partial charge in [-0.1, -0.05) is 0 Å². The Kier molecular flexibility index (Phi) is 4.08. The van der Waals surface area contributed by atoms with Crippen molar-refractivity contribution in [3.63, 3.8) is 0 Å². The van der Waals surface area contributed by atoms with Gasteiger partial charge in [-0.2, -0.15) is 5.10 Å². The summed E-state index contributed by atoms with van der Waals surface area (Å²) < 4.78 is 1.98. The van der Waals surface area contributed by atoms with Crippen molar-refractivity contribution in [3.8, 4) is 0 Å². The first-order valence-electron chi connectivity index (χ1n) is 6.58. The third-order valence-electron chi connectivity index (χ3n) is 3.53. The average Bonchev–Trinajstić information content (AvgIpc) is 2.67. The lowest BCUT2D eigenvalue weighted by Gasteiger charge is -2.35. The molecule has 1 aliphatic rings. The molecule has 1 fully saturated rings. The molecule has 0 aromatic carbocycles. The quantitative estimate of drug-likeness (QED) is 0.784. The monoisotopic (exact) mass is 253 g/mol. The largest absolute Gasteiger partial charge is 0.395 e. The summed E-state index contributed by atoms with van der Waals surface area (Å²) in [7, 11) is 0. The van der Waals surface area contributed by atoms with Gasteiger partial charge in [-0.15, -0.1) is 0 Å². The summed E-state index contributed by atoms with van der Waals surface area (Å²) in [6, 6.07) is 0. The first-order valence-corrected chi connectivity index (χ1v) is 6.58. The van der Waals surface area contributed by atoms with E-state index in [4.69, 9.17) is 10.8 Å². The standard InChI is InChI=1S/C12H23N5O/c1-3-17-12(11(13)10(2)14-17)16-6-4-15(5-7-16)8-9-18/h18H,3-9,13H2,1-2H3. The first kappa shape index (κ1) is 13.2. The molecule has 1 aliphatic heterocycles. The number of anilines is 2. The summed E-state index contributed by atoms with van der Waals surface area (Å²) in [6.07, 6.45) is 0. The van der Waals surface area contributed by atoms with Crippen LogP contribution in [0.1, 0.15) is 12.6 Å². The maximum absolute atomic E-state index is 8.94. The van der Waals surface area contributed by atoms with Crippen molar-refractivity contribution >= 4 is 11.5 Å². The second kappa shape index (κ2) is 5.58. The van der Waals surface area contributed by atoms with Crippen LogP contribution in [0, 0.1) is 6.92 Å². The fourth-order valence-corrected chi connectivity index (χ4v) is 2.46. The van der Waals surface area contributed by atoms with Crippen LogP contribution in [-0.4, -0.2) is 59.1 Å². The van der Waals surface area contributed by atoms with Gasteiger partial charge in [-0.3, -0.25) is 4.90 Å². The van der Waals surface area contributed by atoms with Crippen molar-refractivity contribution < 1.29 is 5.11 Å². The minimum absolute atomic E-state index is 0.230. The number of hydrogen-bond acceptors (Lipinski definition) is 5. The first-order chi connectivity index (χ1) is 8.67. The lowest BCUT2D eigenvalue weighted by atomic mass is 10.3. The molecule has 1 aromatic heterocycles. The number of aliphatic hydroxyl groups excluding tert-OH is 1. The van der Waals surface area contributed by atoms with E-state index < -0.39 is 0 Å². The Labute approximate surface area is 108 Å². The molecule has 0 unspecified atom stereocenters. The summed E-state index contributed by atoms with van der Waals surface area (Å²) in [5.74, 6) is 1.05. The molecule has 2 rings (SSSR count). The average molecular weight is 253 g/mol. The molecule has 0 saturated carbocycles. The molecule has 18 heavy (non-hydrogen) atoms. The summed E-state index contributed by atoms with van der Waals surface area (Å²) >= 11 is 0. The Balaban J connectivity index is 2.09. The van der Waals surface area contributed by atoms with E-state index in [9.17, 15) is 0 Å². The molecule has 6 nitrogen and oxygen atoms in total. The predicted molar refractivity (Wildman–Crippen MR) is 72.8 cm³/mol. The molecule has 1 saturated heterocycles. The SMILES string of the molecule is CCn1nc(C)c(N)c1N1CCN(CCO)CC1. The third kappa shape index (κ3) is 2.44. The highest BCUT2D eigenvalue weighted by Crippen LogP contribution is 2.27. The van der Waals surface area contributed by atoms with E-state index in [-0.39, 0.29) is 6.61 Å². The number of nitrogens with zero attached hydrogens (tertiary/aromatic N) is 4. The summed E-state index contributed by atoms with van der Waals surface area (Å²) in [4.78, 5) is 4.57. The van der Waals surface area contributed by atoms with Gasteiger partial charge in [0.25, 0.3) is 0 Å². The maximum Gasteiger partial charge on any atom is 0.150 e. The Morgan fingerprint density at radius 2 is 1.94 bits per heavy atom. The highest BCUT2D eigenvalue weighted by Gasteiger charge is 2.22. The highest BCUT2D eigenvalue weighted by atomic mass is 16.3. The summed E-state index contributed by atoms with van der Waals surface area (Å²) in [6.45, 7) is 9.67. The molecule has 0 atom stereocenters. The number of aliphatic hydroxyl groups is 1. The number of hydrogen-bond donors (Lipinski definition) is 2. The van der Waals surface area contributed by atoms with E-state index in [2.05, 4.69) is 21.8 Å². The van der Waals surface area contributed by atoms with Crippen molar-refractivity contribution in [3.05, 3.63) is 5.69 Å². The van der Waals surface area contributed by atoms with Crippen LogP contribution < -0.4 is 10.6 Å². The number of nitrogen functional groups attached to an aromatic ring is 1. The molecule has 0 radical (unpaired) electrons. The van der Waals surface area contributed by atoms with Crippen LogP contribution in [0.2, 0.25) is 0 Å². The number of piperazine rings is 1. The Bertz CT molecular complexity index is 395. The van der Waals surface area contributed by atoms with E-state index in [0.29, 0.717) is 0 Å². The van der Waals surface area contributed by atoms with Crippen LogP contribution in [-0.2, 0) is 6.54 Å². The van der Waals surface area contributed by atoms with Crippen molar-refractivity contribution in [2.75, 3.05) is 50.0 Å². The normalized spacial score (nSPS) is 17.4. The van der Waals surface area contributed by atoms with Gasteiger partial charge in [-0.25, -0.2) is 4.68 Å². The van der Waals surface area contributed by atoms with Crippen LogP contribution in [0.5, 0.6) is 0 Å². The van der Waals surface area contributed by atoms with E-state index in [1.807, 2.05) is 11.6 Å². The molecule has 1 aromatic rings. The minimum Gasteiger partial charge on any atom is -0.395 e. The van der Waals surface area contributed by atoms with E-state index in [1.165, 1.54) is 0 Å². The lowest BCUT2D eigenvalue weighted by molar-refractivity contribution is 0.188. The topological polar surface area (TPSA) is 70.6 Å². The van der Waals surface area contributed by atoms with Gasteiger partial charge >= 0.3 is 0 Å². The third-order valence-corrected chi connectivity index (χ3v) is 3.53. The fourth-order valence-electron chi connectivity index (χ4n) is 2.46. The van der Waals surface area contributed by atoms with Crippen LogP contribution in [0.3, 0.4) is 0 Å². The van der Waals surface area contributed by atoms with Crippen molar-refractivity contribution in [1.29, 1.82) is 0 Å². The van der Waals surface area contributed by atoms with Crippen LogP contribution >= 0.6 is 0 Å². The van der Waals surface area contributed by atoms with Gasteiger partial charge in [0.05, 0.1) is 18.0 Å². The predicted octanol–water partition coefficient (Wildman–Crippen LogP) is -0.0921. The van der Waals surface area contributed by atoms with Crippen molar-refractivity contribution in [2.45, 2.75) is 20.4 Å². The second-order valence-corrected chi connectivity index (χ2v) is 4.69. The molecule has 2 heterocycles. The molecule has 0 amide bonds. The van der Waals surface area contributed by atoms with Gasteiger partial charge < -0.3 is 15.7 Å². The molecule has 6 heteroatoms. The number of nitrogens with two attached hydrogens (primary N) is 1. The molecular weight excluding hydrogens is 230 g/mol. The zero-order valence-corrected chi connectivity index (χ0v) is 11.3. The Hall–Kier alpha value is -1.27. The van der Waals surface area contributed by atoms with Crippen molar-refractivity contribution in [2.24, 2.45) is 0 Å². The maximum atomic E-state index is 8.94. The molecule has 3 N–H and O–H groups in total. The highest BCUT2D eigenvalue weighted by molar-refractivity contribution is 5.66. The zero-order chi connectivity index (χ0) is 13.1. The van der Waals surface area contributed by atoms with E-state index in [1.54, 1.807) is 0 Å². The van der Waals surface area contributed by atoms with Gasteiger partial charge in [0.1, 0.15) is 0 Å². The smallest absolute Gasteiger partial charge is 0.150 e. The molecule has 0 bridgehead atoms. The zero-order valence-electron chi connectivity index (χ0n) is 11.3. The van der Waals surface area contributed by atoms with Gasteiger partial charge in [0, 0.05) is 39.3 Å². The molecular formula is C12H23N5O. The number of aryl methyl sites for hydroxylation is 2. The van der Waals surface area contributed by atoms with Gasteiger partial charge in [-0.05, 0) is 13.8 Å². The van der Waals surface area contributed by atoms with Crippen molar-refractivity contribution in [1.82, 2.24) is 14.7 Å². The number of β-amino-alcohol motifs (C(OH)–C–C–N with tert-alkyl or cyclic N) is 1.